The number of nitrogens with zero attached hydrogens (tertiary/aromatic N) is 6. The van der Waals surface area contributed by atoms with Crippen LogP contribution in [0.4, 0.5) is 10.2 Å². The maximum Gasteiger partial charge on any atom is 0.355 e. The number of fused-ring (bicyclic) bond motifs is 1. The van der Waals surface area contributed by atoms with Crippen molar-refractivity contribution in [2.24, 2.45) is 0 Å². The van der Waals surface area contributed by atoms with Crippen LogP contribution in [0.15, 0.2) is 41.5 Å². The zero-order chi connectivity index (χ0) is 27.4. The van der Waals surface area contributed by atoms with E-state index in [2.05, 4.69) is 39.0 Å². The van der Waals surface area contributed by atoms with Gasteiger partial charge in [-0.3, -0.25) is 0 Å². The lowest BCUT2D eigenvalue weighted by Gasteiger charge is -2.38. The topological polar surface area (TPSA) is 88.8 Å². The fourth-order valence-corrected chi connectivity index (χ4v) is 5.65. The quantitative estimate of drug-likeness (QED) is 0.366. The predicted octanol–water partition coefficient (Wildman–Crippen LogP) is 5.22. The molecule has 1 aliphatic carbocycles. The van der Waals surface area contributed by atoms with Crippen LogP contribution in [0.3, 0.4) is 0 Å². The normalized spacial score (nSPS) is 19.7. The molecule has 4 aromatic rings. The first-order valence-corrected chi connectivity index (χ1v) is 13.9. The minimum Gasteiger partial charge on any atom is -0.350 e. The molecule has 0 amide bonds. The first-order valence-electron chi connectivity index (χ1n) is 13.5. The predicted molar refractivity (Wildman–Crippen MR) is 151 cm³/mol. The van der Waals surface area contributed by atoms with Crippen molar-refractivity contribution in [3.63, 3.8) is 0 Å². The molecular formula is C29H31ClFN7O. The number of hydrogen-bond acceptors (Lipinski definition) is 7. The second kappa shape index (κ2) is 9.95. The summed E-state index contributed by atoms with van der Waals surface area (Å²) >= 11 is 6.80. The van der Waals surface area contributed by atoms with Gasteiger partial charge >= 0.3 is 5.69 Å². The third-order valence-electron chi connectivity index (χ3n) is 7.58. The van der Waals surface area contributed by atoms with Gasteiger partial charge in [0, 0.05) is 36.7 Å². The van der Waals surface area contributed by atoms with Crippen molar-refractivity contribution in [2.45, 2.75) is 64.5 Å². The first-order chi connectivity index (χ1) is 18.7. The van der Waals surface area contributed by atoms with E-state index in [4.69, 9.17) is 16.6 Å². The second-order valence-corrected chi connectivity index (χ2v) is 11.4. The Morgan fingerprint density at radius 3 is 2.62 bits per heavy atom. The molecule has 1 saturated heterocycles. The van der Waals surface area contributed by atoms with Crippen molar-refractivity contribution >= 4 is 28.5 Å². The molecule has 1 aliphatic heterocycles. The molecule has 6 rings (SSSR count). The highest BCUT2D eigenvalue weighted by Gasteiger charge is 2.33. The molecule has 1 aromatic carbocycles. The minimum absolute atomic E-state index is 0.0227. The summed E-state index contributed by atoms with van der Waals surface area (Å²) in [5.74, 6) is 0.352. The molecule has 0 spiro atoms. The Hall–Kier alpha value is -3.43. The summed E-state index contributed by atoms with van der Waals surface area (Å²) in [6.45, 7) is 9.68. The second-order valence-electron chi connectivity index (χ2n) is 11.0. The van der Waals surface area contributed by atoms with E-state index in [-0.39, 0.29) is 40.2 Å². The van der Waals surface area contributed by atoms with Gasteiger partial charge < -0.3 is 10.2 Å². The summed E-state index contributed by atoms with van der Waals surface area (Å²) in [5, 5.41) is 4.38. The monoisotopic (exact) mass is 547 g/mol. The maximum atomic E-state index is 15.0. The van der Waals surface area contributed by atoms with Gasteiger partial charge in [0.15, 0.2) is 5.65 Å². The lowest BCUT2D eigenvalue weighted by atomic mass is 10.0. The van der Waals surface area contributed by atoms with Crippen LogP contribution in [-0.4, -0.2) is 49.7 Å². The summed E-state index contributed by atoms with van der Waals surface area (Å²) in [5.41, 5.74) is 2.62. The number of pyridine rings is 1. The molecule has 2 aliphatic rings. The number of aromatic nitrogens is 5. The smallest absolute Gasteiger partial charge is 0.350 e. The molecule has 8 nitrogen and oxygen atoms in total. The van der Waals surface area contributed by atoms with E-state index in [9.17, 15) is 9.18 Å². The number of nitrogens with one attached hydrogen (secondary N) is 1. The molecule has 39 heavy (non-hydrogen) atoms. The average Bonchev–Trinajstić information content (AvgIpc) is 3.75. The number of anilines is 1. The van der Waals surface area contributed by atoms with Crippen LogP contribution in [0, 0.1) is 5.82 Å². The van der Waals surface area contributed by atoms with E-state index in [0.717, 1.165) is 30.8 Å². The van der Waals surface area contributed by atoms with Gasteiger partial charge in [0.1, 0.15) is 18.0 Å². The molecule has 2 fully saturated rings. The van der Waals surface area contributed by atoms with Crippen molar-refractivity contribution in [1.29, 1.82) is 0 Å². The van der Waals surface area contributed by atoms with E-state index in [1.54, 1.807) is 30.6 Å². The van der Waals surface area contributed by atoms with Crippen molar-refractivity contribution in [1.82, 2.24) is 29.8 Å². The van der Waals surface area contributed by atoms with Crippen LogP contribution < -0.4 is 15.9 Å². The van der Waals surface area contributed by atoms with Gasteiger partial charge in [0.05, 0.1) is 33.2 Å². The molecule has 4 heterocycles. The van der Waals surface area contributed by atoms with E-state index >= 15 is 0 Å². The zero-order valence-electron chi connectivity index (χ0n) is 22.4. The Morgan fingerprint density at radius 2 is 1.90 bits per heavy atom. The Bertz CT molecular complexity index is 1610. The van der Waals surface area contributed by atoms with E-state index in [1.165, 1.54) is 10.6 Å². The van der Waals surface area contributed by atoms with Crippen LogP contribution >= 0.6 is 11.6 Å². The Balaban J connectivity index is 1.72. The van der Waals surface area contributed by atoms with Crippen LogP contribution in [-0.2, 0) is 0 Å². The minimum atomic E-state index is -0.469. The molecule has 10 heteroatoms. The number of hydrogen-bond donors (Lipinski definition) is 1. The molecule has 1 saturated carbocycles. The third kappa shape index (κ3) is 4.57. The molecule has 1 N–H and O–H groups in total. The Morgan fingerprint density at radius 1 is 1.13 bits per heavy atom. The highest BCUT2D eigenvalue weighted by atomic mass is 35.5. The number of rotatable bonds is 5. The molecule has 202 valence electrons. The van der Waals surface area contributed by atoms with Gasteiger partial charge in [-0.15, -0.1) is 0 Å². The molecule has 2 atom stereocenters. The third-order valence-corrected chi connectivity index (χ3v) is 7.87. The number of halogens is 2. The first kappa shape index (κ1) is 25.8. The van der Waals surface area contributed by atoms with Crippen molar-refractivity contribution < 1.29 is 4.39 Å². The lowest BCUT2D eigenvalue weighted by molar-refractivity contribution is 0.423. The summed E-state index contributed by atoms with van der Waals surface area (Å²) in [7, 11) is 0. The van der Waals surface area contributed by atoms with Gasteiger partial charge in [-0.25, -0.2) is 28.7 Å². The van der Waals surface area contributed by atoms with Crippen LogP contribution in [0.25, 0.3) is 28.0 Å². The summed E-state index contributed by atoms with van der Waals surface area (Å²) in [6.07, 6.45) is 3.56. The van der Waals surface area contributed by atoms with Crippen molar-refractivity contribution in [3.05, 3.63) is 69.4 Å². The fourth-order valence-electron chi connectivity index (χ4n) is 5.40. The van der Waals surface area contributed by atoms with E-state index < -0.39 is 11.5 Å². The number of benzene rings is 1. The summed E-state index contributed by atoms with van der Waals surface area (Å²) < 4.78 is 16.5. The van der Waals surface area contributed by atoms with Gasteiger partial charge in [-0.1, -0.05) is 37.6 Å². The summed E-state index contributed by atoms with van der Waals surface area (Å²) in [6, 6.07) is 8.43. The van der Waals surface area contributed by atoms with Crippen LogP contribution in [0.1, 0.15) is 63.8 Å². The van der Waals surface area contributed by atoms with E-state index in [0.29, 0.717) is 29.1 Å². The highest BCUT2D eigenvalue weighted by Crippen LogP contribution is 2.43. The highest BCUT2D eigenvalue weighted by molar-refractivity contribution is 6.33. The lowest BCUT2D eigenvalue weighted by Crippen LogP contribution is -2.55. The summed E-state index contributed by atoms with van der Waals surface area (Å²) in [4.78, 5) is 35.0. The van der Waals surface area contributed by atoms with Gasteiger partial charge in [-0.2, -0.15) is 4.98 Å². The van der Waals surface area contributed by atoms with Gasteiger partial charge in [-0.05, 0) is 50.8 Å². The molecule has 0 bridgehead atoms. The van der Waals surface area contributed by atoms with Crippen molar-refractivity contribution in [2.75, 3.05) is 18.0 Å². The Labute approximate surface area is 231 Å². The standard InChI is InChI=1S/C29H31ClFN7O/c1-15(2)23-26(24(18-9-10-18)34-14-33-23)38-28-20(11-21(30)25(35-28)19-7-5-6-8-22(19)31)27(36-29(38)39)37-13-16(3)32-12-17(37)4/h5-8,11,14-18,32H,9-10,12-13H2,1-4H3/t16-,17+/m1/s1. The van der Waals surface area contributed by atoms with Crippen LogP contribution in [0.5, 0.6) is 0 Å². The van der Waals surface area contributed by atoms with Crippen molar-refractivity contribution in [3.8, 4) is 16.9 Å². The average molecular weight is 548 g/mol. The maximum absolute atomic E-state index is 15.0. The molecular weight excluding hydrogens is 517 g/mol. The Kier molecular flexibility index (Phi) is 6.59. The molecule has 0 unspecified atom stereocenters. The molecule has 3 aromatic heterocycles. The fraction of sp³-hybridized carbons (Fsp3) is 0.414. The van der Waals surface area contributed by atoms with Gasteiger partial charge in [0.2, 0.25) is 0 Å². The van der Waals surface area contributed by atoms with Gasteiger partial charge in [0.25, 0.3) is 0 Å². The van der Waals surface area contributed by atoms with Crippen LogP contribution in [0.2, 0.25) is 5.02 Å². The largest absolute Gasteiger partial charge is 0.355 e. The molecule has 0 radical (unpaired) electrons. The van der Waals surface area contributed by atoms with E-state index in [1.807, 2.05) is 13.8 Å². The number of piperazine rings is 1. The SMILES string of the molecule is CC(C)c1ncnc(C2CC2)c1-n1c(=O)nc(N2C[C@@H](C)NC[C@@H]2C)c2cc(Cl)c(-c3ccccc3F)nc21. The zero-order valence-corrected chi connectivity index (χ0v) is 23.2.